The summed E-state index contributed by atoms with van der Waals surface area (Å²) in [7, 11) is 0. The molecule has 1 amide bonds. The van der Waals surface area contributed by atoms with E-state index < -0.39 is 0 Å². The van der Waals surface area contributed by atoms with Gasteiger partial charge in [-0.2, -0.15) is 11.8 Å². The number of amides is 1. The minimum Gasteiger partial charge on any atom is -0.444 e. The van der Waals surface area contributed by atoms with Crippen molar-refractivity contribution in [2.45, 2.75) is 45.3 Å². The summed E-state index contributed by atoms with van der Waals surface area (Å²) < 4.78 is 5.44. The molecule has 3 fully saturated rings. The Kier molecular flexibility index (Phi) is 4.42. The molecular weight excluding hydrogens is 284 g/mol. The van der Waals surface area contributed by atoms with Crippen LogP contribution < -0.4 is 0 Å². The van der Waals surface area contributed by atoms with Crippen molar-refractivity contribution >= 4 is 17.9 Å². The lowest BCUT2D eigenvalue weighted by Crippen LogP contribution is -2.58. The van der Waals surface area contributed by atoms with E-state index >= 15 is 0 Å². The van der Waals surface area contributed by atoms with Crippen LogP contribution in [0.5, 0.6) is 0 Å². The molecule has 0 aromatic carbocycles. The molecule has 0 radical (unpaired) electrons. The molecular formula is C16H28N2O2S. The van der Waals surface area contributed by atoms with Gasteiger partial charge in [0.25, 0.3) is 0 Å². The van der Waals surface area contributed by atoms with Crippen molar-refractivity contribution in [1.29, 1.82) is 0 Å². The molecule has 0 N–H and O–H groups in total. The van der Waals surface area contributed by atoms with E-state index in [-0.39, 0.29) is 11.7 Å². The Balaban J connectivity index is 1.44. The second-order valence-corrected chi connectivity index (χ2v) is 8.81. The lowest BCUT2D eigenvalue weighted by atomic mass is 9.80. The van der Waals surface area contributed by atoms with Crippen LogP contribution in [0.3, 0.4) is 0 Å². The maximum Gasteiger partial charge on any atom is 0.410 e. The highest BCUT2D eigenvalue weighted by atomic mass is 32.2. The third kappa shape index (κ3) is 3.67. The van der Waals surface area contributed by atoms with Gasteiger partial charge in [0.2, 0.25) is 0 Å². The largest absolute Gasteiger partial charge is 0.444 e. The van der Waals surface area contributed by atoms with Crippen molar-refractivity contribution in [3.8, 4) is 0 Å². The van der Waals surface area contributed by atoms with Crippen LogP contribution in [0.2, 0.25) is 0 Å². The van der Waals surface area contributed by atoms with E-state index in [1.807, 2.05) is 25.7 Å². The number of rotatable bonds is 2. The van der Waals surface area contributed by atoms with Crippen LogP contribution in [0.25, 0.3) is 0 Å². The van der Waals surface area contributed by atoms with Crippen LogP contribution in [0, 0.1) is 11.8 Å². The SMILES string of the molecule is CC(C)(C)OC(=O)N1CC([C@H]2CCCN(C3CSC3)C2)C1. The van der Waals surface area contributed by atoms with Crippen LogP contribution in [0.1, 0.15) is 33.6 Å². The first-order valence-electron chi connectivity index (χ1n) is 8.22. The molecule has 3 aliphatic rings. The van der Waals surface area contributed by atoms with Crippen molar-refractivity contribution in [1.82, 2.24) is 9.80 Å². The predicted molar refractivity (Wildman–Crippen MR) is 86.7 cm³/mol. The van der Waals surface area contributed by atoms with Crippen molar-refractivity contribution in [2.24, 2.45) is 11.8 Å². The monoisotopic (exact) mass is 312 g/mol. The highest BCUT2D eigenvalue weighted by Gasteiger charge is 2.40. The normalized spacial score (nSPS) is 28.9. The third-order valence-corrected chi connectivity index (χ3v) is 6.10. The maximum atomic E-state index is 12.0. The van der Waals surface area contributed by atoms with Crippen LogP contribution in [-0.4, -0.2) is 65.2 Å². The predicted octanol–water partition coefficient (Wildman–Crippen LogP) is 2.68. The number of piperidine rings is 1. The summed E-state index contributed by atoms with van der Waals surface area (Å²) in [6.45, 7) is 10.1. The fourth-order valence-corrected chi connectivity index (χ4v) is 4.35. The van der Waals surface area contributed by atoms with Crippen LogP contribution in [0.4, 0.5) is 4.79 Å². The van der Waals surface area contributed by atoms with Gasteiger partial charge >= 0.3 is 6.09 Å². The van der Waals surface area contributed by atoms with Crippen LogP contribution >= 0.6 is 11.8 Å². The Bertz CT molecular complexity index is 386. The minimum absolute atomic E-state index is 0.137. The molecule has 4 nitrogen and oxygen atoms in total. The van der Waals surface area contributed by atoms with Crippen LogP contribution in [0.15, 0.2) is 0 Å². The number of hydrogen-bond acceptors (Lipinski definition) is 4. The maximum absolute atomic E-state index is 12.0. The Morgan fingerprint density at radius 1 is 1.14 bits per heavy atom. The molecule has 0 bridgehead atoms. The van der Waals surface area contributed by atoms with E-state index in [9.17, 15) is 4.79 Å². The average molecular weight is 312 g/mol. The molecule has 0 spiro atoms. The molecule has 3 heterocycles. The highest BCUT2D eigenvalue weighted by Crippen LogP contribution is 2.34. The molecule has 3 aliphatic heterocycles. The number of ether oxygens (including phenoxy) is 1. The van der Waals surface area contributed by atoms with Crippen molar-refractivity contribution in [3.63, 3.8) is 0 Å². The minimum atomic E-state index is -0.383. The van der Waals surface area contributed by atoms with Gasteiger partial charge in [-0.3, -0.25) is 4.90 Å². The summed E-state index contributed by atoms with van der Waals surface area (Å²) >= 11 is 2.07. The van der Waals surface area contributed by atoms with Gasteiger partial charge in [-0.05, 0) is 52.0 Å². The second kappa shape index (κ2) is 5.99. The lowest BCUT2D eigenvalue weighted by molar-refractivity contribution is -0.0216. The molecule has 0 aliphatic carbocycles. The van der Waals surface area contributed by atoms with Gasteiger partial charge in [0, 0.05) is 37.2 Å². The Labute approximate surface area is 132 Å². The molecule has 5 heteroatoms. The first-order chi connectivity index (χ1) is 9.92. The smallest absolute Gasteiger partial charge is 0.410 e. The van der Waals surface area contributed by atoms with E-state index in [0.29, 0.717) is 5.92 Å². The quantitative estimate of drug-likeness (QED) is 0.785. The molecule has 21 heavy (non-hydrogen) atoms. The lowest BCUT2D eigenvalue weighted by Gasteiger charge is -2.48. The van der Waals surface area contributed by atoms with Crippen LogP contribution in [-0.2, 0) is 4.74 Å². The van der Waals surface area contributed by atoms with Gasteiger partial charge in [-0.25, -0.2) is 4.79 Å². The fourth-order valence-electron chi connectivity index (χ4n) is 3.48. The van der Waals surface area contributed by atoms with E-state index in [2.05, 4.69) is 16.7 Å². The summed E-state index contributed by atoms with van der Waals surface area (Å²) in [5.41, 5.74) is -0.383. The number of carbonyl (C=O) groups excluding carboxylic acids is 1. The van der Waals surface area contributed by atoms with Gasteiger partial charge < -0.3 is 9.64 Å². The summed E-state index contributed by atoms with van der Waals surface area (Å²) in [5.74, 6) is 4.11. The van der Waals surface area contributed by atoms with Gasteiger partial charge in [-0.1, -0.05) is 0 Å². The molecule has 0 aromatic heterocycles. The number of carbonyl (C=O) groups is 1. The molecule has 3 saturated heterocycles. The third-order valence-electron chi connectivity index (χ3n) is 4.85. The number of nitrogens with zero attached hydrogens (tertiary/aromatic N) is 2. The standard InChI is InChI=1S/C16H28N2O2S/c1-16(2,3)20-15(19)18-8-13(9-18)12-5-4-6-17(7-12)14-10-21-11-14/h12-14H,4-11H2,1-3H3/t12-/m0/s1. The average Bonchev–Trinajstić information content (AvgIpc) is 2.22. The Hall–Kier alpha value is -0.420. The Morgan fingerprint density at radius 3 is 2.43 bits per heavy atom. The summed E-state index contributed by atoms with van der Waals surface area (Å²) in [5, 5.41) is 0. The summed E-state index contributed by atoms with van der Waals surface area (Å²) in [6, 6.07) is 0.833. The molecule has 0 aromatic rings. The highest BCUT2D eigenvalue weighted by molar-refractivity contribution is 8.00. The summed E-state index contributed by atoms with van der Waals surface area (Å²) in [4.78, 5) is 16.6. The van der Waals surface area contributed by atoms with Crippen molar-refractivity contribution in [2.75, 3.05) is 37.7 Å². The number of likely N-dealkylation sites (tertiary alicyclic amines) is 2. The zero-order valence-electron chi connectivity index (χ0n) is 13.5. The van der Waals surface area contributed by atoms with Gasteiger partial charge in [-0.15, -0.1) is 0 Å². The molecule has 0 saturated carbocycles. The van der Waals surface area contributed by atoms with E-state index in [0.717, 1.165) is 25.0 Å². The summed E-state index contributed by atoms with van der Waals surface area (Å²) in [6.07, 6.45) is 2.53. The molecule has 1 atom stereocenters. The number of hydrogen-bond donors (Lipinski definition) is 0. The van der Waals surface area contributed by atoms with E-state index in [1.165, 1.54) is 37.4 Å². The zero-order chi connectivity index (χ0) is 15.0. The van der Waals surface area contributed by atoms with Crippen molar-refractivity contribution < 1.29 is 9.53 Å². The van der Waals surface area contributed by atoms with E-state index in [1.54, 1.807) is 0 Å². The van der Waals surface area contributed by atoms with E-state index in [4.69, 9.17) is 4.74 Å². The zero-order valence-corrected chi connectivity index (χ0v) is 14.3. The first kappa shape index (κ1) is 15.5. The van der Waals surface area contributed by atoms with Crippen molar-refractivity contribution in [3.05, 3.63) is 0 Å². The second-order valence-electron chi connectivity index (χ2n) is 7.73. The fraction of sp³-hybridized carbons (Fsp3) is 0.938. The number of thioether (sulfide) groups is 1. The molecule has 0 unspecified atom stereocenters. The topological polar surface area (TPSA) is 32.8 Å². The van der Waals surface area contributed by atoms with Gasteiger partial charge in [0.05, 0.1) is 0 Å². The first-order valence-corrected chi connectivity index (χ1v) is 9.37. The molecule has 3 rings (SSSR count). The Morgan fingerprint density at radius 2 is 1.86 bits per heavy atom. The molecule has 120 valence electrons. The van der Waals surface area contributed by atoms with Gasteiger partial charge in [0.15, 0.2) is 0 Å². The van der Waals surface area contributed by atoms with Gasteiger partial charge in [0.1, 0.15) is 5.60 Å².